The van der Waals surface area contributed by atoms with E-state index >= 15 is 0 Å². The van der Waals surface area contributed by atoms with E-state index in [-0.39, 0.29) is 48.4 Å². The van der Waals surface area contributed by atoms with Gasteiger partial charge in [0, 0.05) is 105 Å². The molecule has 2 saturated heterocycles. The van der Waals surface area contributed by atoms with E-state index < -0.39 is 38.6 Å². The van der Waals surface area contributed by atoms with Crippen LogP contribution in [-0.2, 0) is 35.6 Å². The summed E-state index contributed by atoms with van der Waals surface area (Å²) >= 11 is 1.98. The standard InChI is InChI=1S/C23H25F2N5O3S.C23H26N4O3S.C4H8BrF2O2P.CH4/c1-16-3-5-18(6-4-16)27-21-15-17(2)26-23(28-21)29-11-13-30(14-12-29)34(31,32)20-9-7-19(8-10-20)33-22(24)25;1-17-3-5-19(6-4-17)16-20-15-18(2)24-23(25-20)26-11-13-27(14-12-26)31(29,30)22-9-7-21(28)8-10-22;1-3-9-10(2,8)4(5,6)7;/h3-10,15,22H,11-14H2,1-2H3,(H,26,27,28);3-10,15,28H,11-14,16H2,1-2H3;3H2,1-2H3;1H4. The number of nitrogens with zero attached hydrogens (tertiary/aromatic N) is 8. The van der Waals surface area contributed by atoms with Gasteiger partial charge < -0.3 is 29.5 Å². The molecule has 76 heavy (non-hydrogen) atoms. The van der Waals surface area contributed by atoms with Crippen LogP contribution in [0.25, 0.3) is 0 Å². The van der Waals surface area contributed by atoms with Crippen molar-refractivity contribution in [3.05, 3.63) is 143 Å². The highest BCUT2D eigenvalue weighted by Gasteiger charge is 2.45. The molecule has 0 spiro atoms. The van der Waals surface area contributed by atoms with E-state index in [0.29, 0.717) is 57.0 Å². The van der Waals surface area contributed by atoms with Crippen molar-refractivity contribution in [1.29, 1.82) is 0 Å². The van der Waals surface area contributed by atoms with Crippen LogP contribution >= 0.6 is 23.3 Å². The van der Waals surface area contributed by atoms with Crippen LogP contribution in [0, 0.1) is 27.7 Å². The number of hydrogen-bond acceptors (Lipinski definition) is 15. The Hall–Kier alpha value is -5.75. The number of alkyl halides is 5. The van der Waals surface area contributed by atoms with Crippen LogP contribution in [0.4, 0.5) is 41.0 Å². The average Bonchev–Trinajstić information content (AvgIpc) is 3.35. The van der Waals surface area contributed by atoms with Gasteiger partial charge in [-0.1, -0.05) is 55.0 Å². The van der Waals surface area contributed by atoms with Gasteiger partial charge >= 0.3 is 11.2 Å². The molecule has 25 heteroatoms. The summed E-state index contributed by atoms with van der Waals surface area (Å²) in [5.41, 5.74) is 7.13. The third-order valence-corrected chi connectivity index (χ3v) is 19.0. The maximum atomic E-state index is 13.0. The van der Waals surface area contributed by atoms with Crippen molar-refractivity contribution in [3.63, 3.8) is 0 Å². The van der Waals surface area contributed by atoms with E-state index in [1.807, 2.05) is 82.9 Å². The Balaban J connectivity index is 0.000000236. The van der Waals surface area contributed by atoms with Crippen LogP contribution in [0.2, 0.25) is 0 Å². The molecule has 1 unspecified atom stereocenters. The monoisotopic (exact) mass is 1180 g/mol. The van der Waals surface area contributed by atoms with Gasteiger partial charge in [-0.05, 0) is 107 Å². The number of nitrogens with one attached hydrogen (secondary N) is 1. The number of hydrogen-bond donors (Lipinski definition) is 2. The van der Waals surface area contributed by atoms with E-state index in [2.05, 4.69) is 60.7 Å². The van der Waals surface area contributed by atoms with E-state index in [1.165, 1.54) is 75.2 Å². The topological polar surface area (TPSA) is 201 Å². The number of halogens is 5. The van der Waals surface area contributed by atoms with E-state index in [0.717, 1.165) is 41.4 Å². The van der Waals surface area contributed by atoms with Crippen molar-refractivity contribution < 1.29 is 53.3 Å². The van der Waals surface area contributed by atoms with Gasteiger partial charge in [-0.2, -0.15) is 31.2 Å². The SMILES string of the molecule is C.CCOP(C)(=O)C(F)(F)Br.Cc1ccc(Cc2cc(C)nc(N3CCN(S(=O)(=O)c4ccc(O)cc4)CC3)n2)cc1.Cc1ccc(Nc2cc(C)nc(N3CCN(S(=O)(=O)c4ccc(OC(F)F)cc4)CC3)n2)cc1. The molecule has 2 aliphatic rings. The van der Waals surface area contributed by atoms with Crippen molar-refractivity contribution in [1.82, 2.24) is 28.5 Å². The molecule has 2 aromatic heterocycles. The summed E-state index contributed by atoms with van der Waals surface area (Å²) in [7, 11) is -11.1. The molecule has 412 valence electrons. The molecule has 6 aromatic rings. The molecule has 0 bridgehead atoms. The number of phenols is 1. The van der Waals surface area contributed by atoms with Gasteiger partial charge in [0.1, 0.15) is 17.3 Å². The molecule has 2 N–H and O–H groups in total. The lowest BCUT2D eigenvalue weighted by atomic mass is 10.1. The van der Waals surface area contributed by atoms with Gasteiger partial charge in [0.2, 0.25) is 31.9 Å². The van der Waals surface area contributed by atoms with Crippen molar-refractivity contribution >= 4 is 66.7 Å². The quantitative estimate of drug-likeness (QED) is 0.0558. The Labute approximate surface area is 451 Å². The molecule has 2 aliphatic heterocycles. The van der Waals surface area contributed by atoms with Crippen LogP contribution in [0.1, 0.15) is 48.1 Å². The Kier molecular flexibility index (Phi) is 21.3. The molecular formula is C51H63BrF4N9O8PS2. The lowest BCUT2D eigenvalue weighted by Gasteiger charge is -2.34. The maximum absolute atomic E-state index is 13.0. The summed E-state index contributed by atoms with van der Waals surface area (Å²) in [4.78, 5) is 22.7. The lowest BCUT2D eigenvalue weighted by Crippen LogP contribution is -2.49. The zero-order chi connectivity index (χ0) is 54.7. The van der Waals surface area contributed by atoms with Gasteiger partial charge in [0.15, 0.2) is 0 Å². The fraction of sp³-hybridized carbons (Fsp3) is 0.373. The van der Waals surface area contributed by atoms with Gasteiger partial charge in [-0.25, -0.2) is 31.8 Å². The summed E-state index contributed by atoms with van der Waals surface area (Å²) in [5.74, 6) is 1.78. The molecule has 0 radical (unpaired) electrons. The Morgan fingerprint density at radius 3 is 1.58 bits per heavy atom. The van der Waals surface area contributed by atoms with Gasteiger partial charge in [-0.15, -0.1) is 0 Å². The third-order valence-electron chi connectivity index (χ3n) is 11.6. The first kappa shape index (κ1) is 61.1. The van der Waals surface area contributed by atoms with Gasteiger partial charge in [0.05, 0.1) is 22.1 Å². The number of ether oxygens (including phenoxy) is 1. The first-order valence-electron chi connectivity index (χ1n) is 23.6. The van der Waals surface area contributed by atoms with Crippen molar-refractivity contribution in [2.45, 2.75) is 69.4 Å². The fourth-order valence-electron chi connectivity index (χ4n) is 7.59. The summed E-state index contributed by atoms with van der Waals surface area (Å²) in [6.07, 6.45) is 0.728. The summed E-state index contributed by atoms with van der Waals surface area (Å²) in [6.45, 7) is 10.5. The minimum absolute atomic E-state index is 0. The fourth-order valence-corrected chi connectivity index (χ4v) is 11.4. The number of phenolic OH excluding ortho intramolecular Hbond substituents is 1. The number of aryl methyl sites for hydroxylation is 4. The summed E-state index contributed by atoms with van der Waals surface area (Å²) in [5, 5.41) is 12.7. The highest BCUT2D eigenvalue weighted by molar-refractivity contribution is 9.11. The highest BCUT2D eigenvalue weighted by atomic mass is 79.9. The number of sulfonamides is 2. The number of rotatable bonds is 15. The lowest BCUT2D eigenvalue weighted by molar-refractivity contribution is -0.0498. The minimum Gasteiger partial charge on any atom is -0.508 e. The second-order valence-electron chi connectivity index (χ2n) is 17.5. The second-order valence-corrected chi connectivity index (χ2v) is 25.5. The molecule has 0 amide bonds. The zero-order valence-corrected chi connectivity index (χ0v) is 46.2. The molecular weight excluding hydrogens is 1120 g/mol. The number of piperazine rings is 2. The van der Waals surface area contributed by atoms with E-state index in [9.17, 15) is 44.1 Å². The van der Waals surface area contributed by atoms with Crippen molar-refractivity contribution in [2.24, 2.45) is 0 Å². The van der Waals surface area contributed by atoms with Crippen LogP contribution in [-0.4, -0.2) is 127 Å². The molecule has 0 saturated carbocycles. The molecule has 17 nitrogen and oxygen atoms in total. The molecule has 4 heterocycles. The Morgan fingerprint density at radius 1 is 0.684 bits per heavy atom. The smallest absolute Gasteiger partial charge is 0.387 e. The Morgan fingerprint density at radius 2 is 1.13 bits per heavy atom. The van der Waals surface area contributed by atoms with Gasteiger partial charge in [-0.3, -0.25) is 4.57 Å². The van der Waals surface area contributed by atoms with E-state index in [1.54, 1.807) is 0 Å². The third kappa shape index (κ3) is 16.9. The maximum Gasteiger partial charge on any atom is 0.387 e. The van der Waals surface area contributed by atoms with Crippen LogP contribution in [0.5, 0.6) is 11.5 Å². The summed E-state index contributed by atoms with van der Waals surface area (Å²) in [6, 6.07) is 30.8. The number of aromatic nitrogens is 4. The van der Waals surface area contributed by atoms with Gasteiger partial charge in [0.25, 0.3) is 7.37 Å². The molecule has 8 rings (SSSR count). The Bertz CT molecular complexity index is 3120. The first-order chi connectivity index (χ1) is 35.3. The van der Waals surface area contributed by atoms with Crippen LogP contribution < -0.4 is 19.9 Å². The van der Waals surface area contributed by atoms with Crippen molar-refractivity contribution in [3.8, 4) is 11.5 Å². The highest BCUT2D eigenvalue weighted by Crippen LogP contribution is 2.61. The second kappa shape index (κ2) is 26.5. The summed E-state index contributed by atoms with van der Waals surface area (Å²) < 4.78 is 120. The zero-order valence-electron chi connectivity index (χ0n) is 42.1. The number of aromatic hydroxyl groups is 1. The van der Waals surface area contributed by atoms with Crippen LogP contribution in [0.3, 0.4) is 0 Å². The predicted octanol–water partition coefficient (Wildman–Crippen LogP) is 10.4. The molecule has 1 atom stereocenters. The number of benzene rings is 4. The van der Waals surface area contributed by atoms with Crippen LogP contribution in [0.15, 0.2) is 119 Å². The molecule has 0 aliphatic carbocycles. The number of anilines is 4. The molecule has 2 fully saturated rings. The predicted molar refractivity (Wildman–Crippen MR) is 291 cm³/mol. The average molecular weight is 1180 g/mol. The largest absolute Gasteiger partial charge is 0.508 e. The first-order valence-corrected chi connectivity index (χ1v) is 29.3. The molecule has 4 aromatic carbocycles. The minimum atomic E-state index is -3.79. The normalized spacial score (nSPS) is 15.3. The van der Waals surface area contributed by atoms with E-state index in [4.69, 9.17) is 4.98 Å². The van der Waals surface area contributed by atoms with Crippen molar-refractivity contribution in [2.75, 3.05) is 80.7 Å².